The number of benzene rings is 1. The molecule has 0 saturated carbocycles. The number of hydrogen-bond acceptors (Lipinski definition) is 4. The predicted octanol–water partition coefficient (Wildman–Crippen LogP) is 2.13. The first-order chi connectivity index (χ1) is 7.69. The number of oxime groups is 1. The van der Waals surface area contributed by atoms with Crippen LogP contribution in [0.2, 0.25) is 0 Å². The van der Waals surface area contributed by atoms with Crippen molar-refractivity contribution in [2.24, 2.45) is 10.9 Å². The number of phenolic OH excluding ortho intramolecular Hbond substituents is 1. The van der Waals surface area contributed by atoms with Gasteiger partial charge in [-0.3, -0.25) is 0 Å². The predicted molar refractivity (Wildman–Crippen MR) is 65.0 cm³/mol. The lowest BCUT2D eigenvalue weighted by atomic mass is 9.88. The second kappa shape index (κ2) is 4.43. The SMILES string of the molecule is NCc1cc2c(c(Br)c1O)CCC/C2=N\O. The van der Waals surface area contributed by atoms with Crippen molar-refractivity contribution in [1.82, 2.24) is 0 Å². The topological polar surface area (TPSA) is 78.8 Å². The van der Waals surface area contributed by atoms with Crippen LogP contribution in [0.3, 0.4) is 0 Å². The first kappa shape index (κ1) is 11.4. The summed E-state index contributed by atoms with van der Waals surface area (Å²) in [6.45, 7) is 0.260. The molecule has 1 aromatic rings. The van der Waals surface area contributed by atoms with E-state index >= 15 is 0 Å². The molecule has 0 spiro atoms. The van der Waals surface area contributed by atoms with Crippen molar-refractivity contribution in [3.8, 4) is 5.75 Å². The molecule has 0 aliphatic heterocycles. The zero-order valence-electron chi connectivity index (χ0n) is 8.70. The number of nitrogens with two attached hydrogens (primary N) is 1. The van der Waals surface area contributed by atoms with Crippen LogP contribution < -0.4 is 5.73 Å². The average Bonchev–Trinajstić information content (AvgIpc) is 2.33. The highest BCUT2D eigenvalue weighted by Gasteiger charge is 2.22. The summed E-state index contributed by atoms with van der Waals surface area (Å²) in [7, 11) is 0. The van der Waals surface area contributed by atoms with Gasteiger partial charge in [0.2, 0.25) is 0 Å². The summed E-state index contributed by atoms with van der Waals surface area (Å²) in [6.07, 6.45) is 2.55. The van der Waals surface area contributed by atoms with E-state index in [0.717, 1.165) is 30.4 Å². The third-order valence-electron chi connectivity index (χ3n) is 2.91. The van der Waals surface area contributed by atoms with Crippen molar-refractivity contribution >= 4 is 21.6 Å². The Labute approximate surface area is 102 Å². The lowest BCUT2D eigenvalue weighted by Gasteiger charge is -2.20. The lowest BCUT2D eigenvalue weighted by molar-refractivity contribution is 0.317. The fraction of sp³-hybridized carbons (Fsp3) is 0.364. The molecule has 86 valence electrons. The minimum absolute atomic E-state index is 0.195. The number of phenols is 1. The highest BCUT2D eigenvalue weighted by atomic mass is 79.9. The molecule has 0 aromatic heterocycles. The maximum absolute atomic E-state index is 9.88. The van der Waals surface area contributed by atoms with Crippen molar-refractivity contribution in [1.29, 1.82) is 0 Å². The summed E-state index contributed by atoms with van der Waals surface area (Å²) in [4.78, 5) is 0. The summed E-state index contributed by atoms with van der Waals surface area (Å²) in [5, 5.41) is 22.1. The van der Waals surface area contributed by atoms with Crippen LogP contribution >= 0.6 is 15.9 Å². The second-order valence-electron chi connectivity index (χ2n) is 3.83. The van der Waals surface area contributed by atoms with E-state index in [9.17, 15) is 5.11 Å². The molecule has 1 aliphatic rings. The number of halogens is 1. The third-order valence-corrected chi connectivity index (χ3v) is 3.77. The number of fused-ring (bicyclic) bond motifs is 1. The van der Waals surface area contributed by atoms with Gasteiger partial charge in [-0.25, -0.2) is 0 Å². The molecule has 0 amide bonds. The minimum atomic E-state index is 0.195. The van der Waals surface area contributed by atoms with E-state index < -0.39 is 0 Å². The molecule has 0 radical (unpaired) electrons. The summed E-state index contributed by atoms with van der Waals surface area (Å²) in [5.74, 6) is 0.195. The highest BCUT2D eigenvalue weighted by molar-refractivity contribution is 9.10. The molecule has 0 saturated heterocycles. The number of rotatable bonds is 1. The van der Waals surface area contributed by atoms with Crippen LogP contribution in [0.5, 0.6) is 5.75 Å². The van der Waals surface area contributed by atoms with E-state index in [1.807, 2.05) is 6.07 Å². The van der Waals surface area contributed by atoms with Crippen molar-refractivity contribution in [2.75, 3.05) is 0 Å². The van der Waals surface area contributed by atoms with E-state index in [0.29, 0.717) is 15.7 Å². The van der Waals surface area contributed by atoms with Crippen molar-refractivity contribution in [3.05, 3.63) is 27.2 Å². The van der Waals surface area contributed by atoms with E-state index in [4.69, 9.17) is 10.9 Å². The summed E-state index contributed by atoms with van der Waals surface area (Å²) < 4.78 is 0.673. The molecule has 0 fully saturated rings. The molecule has 16 heavy (non-hydrogen) atoms. The van der Waals surface area contributed by atoms with Crippen LogP contribution in [0.25, 0.3) is 0 Å². The van der Waals surface area contributed by atoms with Gasteiger partial charge in [-0.1, -0.05) is 5.16 Å². The molecule has 2 rings (SSSR count). The maximum atomic E-state index is 9.88. The quantitative estimate of drug-likeness (QED) is 0.546. The van der Waals surface area contributed by atoms with Crippen LogP contribution in [-0.2, 0) is 13.0 Å². The van der Waals surface area contributed by atoms with Crippen LogP contribution in [0.1, 0.15) is 29.5 Å². The largest absolute Gasteiger partial charge is 0.506 e. The summed E-state index contributed by atoms with van der Waals surface area (Å²) >= 11 is 3.37. The van der Waals surface area contributed by atoms with E-state index in [1.54, 1.807) is 0 Å². The molecule has 1 aromatic carbocycles. The first-order valence-corrected chi connectivity index (χ1v) is 5.93. The number of hydrogen-bond donors (Lipinski definition) is 3. The molecular formula is C11H13BrN2O2. The molecule has 0 bridgehead atoms. The first-order valence-electron chi connectivity index (χ1n) is 5.13. The van der Waals surface area contributed by atoms with Gasteiger partial charge in [0.05, 0.1) is 10.2 Å². The average molecular weight is 285 g/mol. The normalized spacial score (nSPS) is 17.5. The molecule has 4 N–H and O–H groups in total. The zero-order chi connectivity index (χ0) is 11.7. The van der Waals surface area contributed by atoms with Gasteiger partial charge in [0.25, 0.3) is 0 Å². The Morgan fingerprint density at radius 2 is 2.19 bits per heavy atom. The zero-order valence-corrected chi connectivity index (χ0v) is 10.3. The number of nitrogens with zero attached hydrogens (tertiary/aromatic N) is 1. The van der Waals surface area contributed by atoms with Crippen molar-refractivity contribution < 1.29 is 10.3 Å². The molecule has 4 nitrogen and oxygen atoms in total. The molecular weight excluding hydrogens is 272 g/mol. The Hall–Kier alpha value is -1.07. The molecule has 0 atom stereocenters. The molecule has 1 aliphatic carbocycles. The van der Waals surface area contributed by atoms with Crippen molar-refractivity contribution in [3.63, 3.8) is 0 Å². The third kappa shape index (κ3) is 1.70. The molecule has 0 unspecified atom stereocenters. The van der Waals surface area contributed by atoms with E-state index in [-0.39, 0.29) is 12.3 Å². The Kier molecular flexibility index (Phi) is 3.16. The summed E-state index contributed by atoms with van der Waals surface area (Å²) in [6, 6.07) is 1.81. The standard InChI is InChI=1S/C11H13BrN2O2/c12-10-7-2-1-3-9(14-16)8(7)4-6(5-13)11(10)15/h4,15-16H,1-3,5,13H2/b14-9+. The van der Waals surface area contributed by atoms with Crippen LogP contribution in [-0.4, -0.2) is 16.0 Å². The van der Waals surface area contributed by atoms with Crippen LogP contribution in [0.15, 0.2) is 15.7 Å². The Morgan fingerprint density at radius 3 is 2.81 bits per heavy atom. The van der Waals surface area contributed by atoms with Gasteiger partial charge in [-0.05, 0) is 46.8 Å². The maximum Gasteiger partial charge on any atom is 0.134 e. The van der Waals surface area contributed by atoms with Crippen molar-refractivity contribution in [2.45, 2.75) is 25.8 Å². The number of aromatic hydroxyl groups is 1. The van der Waals surface area contributed by atoms with Crippen LogP contribution in [0.4, 0.5) is 0 Å². The Morgan fingerprint density at radius 1 is 1.44 bits per heavy atom. The van der Waals surface area contributed by atoms with Gasteiger partial charge in [0.15, 0.2) is 0 Å². The van der Waals surface area contributed by atoms with Gasteiger partial charge in [0.1, 0.15) is 5.75 Å². The molecule has 5 heteroatoms. The fourth-order valence-electron chi connectivity index (χ4n) is 2.06. The smallest absolute Gasteiger partial charge is 0.134 e. The van der Waals surface area contributed by atoms with Gasteiger partial charge in [-0.2, -0.15) is 0 Å². The molecule has 0 heterocycles. The highest BCUT2D eigenvalue weighted by Crippen LogP contribution is 2.37. The van der Waals surface area contributed by atoms with Gasteiger partial charge in [0, 0.05) is 17.7 Å². The Balaban J connectivity index is 2.67. The van der Waals surface area contributed by atoms with Gasteiger partial charge < -0.3 is 16.0 Å². The Bertz CT molecular complexity index is 458. The van der Waals surface area contributed by atoms with Gasteiger partial charge in [-0.15, -0.1) is 0 Å². The fourth-order valence-corrected chi connectivity index (χ4v) is 2.73. The van der Waals surface area contributed by atoms with Gasteiger partial charge >= 0.3 is 0 Å². The van der Waals surface area contributed by atoms with E-state index in [2.05, 4.69) is 21.1 Å². The van der Waals surface area contributed by atoms with E-state index in [1.165, 1.54) is 0 Å². The summed E-state index contributed by atoms with van der Waals surface area (Å²) in [5.41, 5.74) is 8.76. The lowest BCUT2D eigenvalue weighted by Crippen LogP contribution is -2.14. The second-order valence-corrected chi connectivity index (χ2v) is 4.62. The monoisotopic (exact) mass is 284 g/mol. The minimum Gasteiger partial charge on any atom is -0.506 e. The van der Waals surface area contributed by atoms with Crippen LogP contribution in [0, 0.1) is 0 Å².